The second kappa shape index (κ2) is 5.73. The van der Waals surface area contributed by atoms with Crippen LogP contribution >= 0.6 is 31.9 Å². The second-order valence-electron chi connectivity index (χ2n) is 4.87. The van der Waals surface area contributed by atoms with Gasteiger partial charge in [0.05, 0.1) is 0 Å². The third-order valence-corrected chi connectivity index (χ3v) is 4.34. The molecule has 0 saturated heterocycles. The lowest BCUT2D eigenvalue weighted by molar-refractivity contribution is 0.0946. The number of ketones is 1. The summed E-state index contributed by atoms with van der Waals surface area (Å²) in [5, 5.41) is 2.80. The molecule has 106 valence electrons. The normalized spacial score (nSPS) is 13.5. The summed E-state index contributed by atoms with van der Waals surface area (Å²) in [5.41, 5.74) is 2.69. The molecule has 2 aromatic rings. The van der Waals surface area contributed by atoms with Crippen LogP contribution in [-0.4, -0.2) is 18.2 Å². The molecule has 3 rings (SSSR count). The summed E-state index contributed by atoms with van der Waals surface area (Å²) >= 11 is 6.75. The zero-order chi connectivity index (χ0) is 15.0. The van der Waals surface area contributed by atoms with E-state index < -0.39 is 0 Å². The fourth-order valence-electron chi connectivity index (χ4n) is 2.40. The first-order valence-electron chi connectivity index (χ1n) is 6.46. The van der Waals surface area contributed by atoms with Crippen molar-refractivity contribution in [3.8, 4) is 0 Å². The van der Waals surface area contributed by atoms with Gasteiger partial charge in [-0.1, -0.05) is 44.0 Å². The average Bonchev–Trinajstić information content (AvgIpc) is 2.45. The number of hydrogen-bond donors (Lipinski definition) is 1. The fourth-order valence-corrected chi connectivity index (χ4v) is 3.70. The van der Waals surface area contributed by atoms with Crippen molar-refractivity contribution in [2.45, 2.75) is 6.42 Å². The highest BCUT2D eigenvalue weighted by Gasteiger charge is 2.19. The molecule has 5 heteroatoms. The molecule has 0 saturated carbocycles. The van der Waals surface area contributed by atoms with Crippen LogP contribution in [0.2, 0.25) is 0 Å². The van der Waals surface area contributed by atoms with Gasteiger partial charge in [0.2, 0.25) is 0 Å². The van der Waals surface area contributed by atoms with Crippen molar-refractivity contribution < 1.29 is 9.59 Å². The Hall–Kier alpha value is -1.46. The Balaban J connectivity index is 2.02. The molecular formula is C16H11Br2NO2. The van der Waals surface area contributed by atoms with Gasteiger partial charge in [-0.2, -0.15) is 0 Å². The lowest BCUT2D eigenvalue weighted by atomic mass is 9.94. The molecule has 0 bridgehead atoms. The summed E-state index contributed by atoms with van der Waals surface area (Å²) in [6.07, 6.45) is 0.804. The summed E-state index contributed by atoms with van der Waals surface area (Å²) in [6.45, 7) is 0.651. The molecule has 0 radical (unpaired) electrons. The summed E-state index contributed by atoms with van der Waals surface area (Å²) in [5.74, 6) is -0.209. The topological polar surface area (TPSA) is 46.2 Å². The molecule has 0 atom stereocenters. The van der Waals surface area contributed by atoms with Crippen molar-refractivity contribution in [2.24, 2.45) is 0 Å². The van der Waals surface area contributed by atoms with Gasteiger partial charge in [0.15, 0.2) is 5.78 Å². The molecule has 2 aromatic carbocycles. The number of nitrogens with one attached hydrogen (secondary N) is 1. The van der Waals surface area contributed by atoms with Gasteiger partial charge >= 0.3 is 0 Å². The van der Waals surface area contributed by atoms with Crippen LogP contribution in [0.15, 0.2) is 45.3 Å². The first-order valence-corrected chi connectivity index (χ1v) is 8.05. The molecule has 3 nitrogen and oxygen atoms in total. The van der Waals surface area contributed by atoms with E-state index >= 15 is 0 Å². The third-order valence-electron chi connectivity index (χ3n) is 3.42. The Morgan fingerprint density at radius 3 is 2.43 bits per heavy atom. The smallest absolute Gasteiger partial charge is 0.251 e. The number of carbonyl (C=O) groups is 2. The van der Waals surface area contributed by atoms with Crippen molar-refractivity contribution in [1.82, 2.24) is 5.32 Å². The summed E-state index contributed by atoms with van der Waals surface area (Å²) in [4.78, 5) is 24.4. The van der Waals surface area contributed by atoms with Gasteiger partial charge in [-0.15, -0.1) is 0 Å². The molecule has 1 aliphatic heterocycles. The maximum Gasteiger partial charge on any atom is 0.251 e. The summed E-state index contributed by atoms with van der Waals surface area (Å²) in [7, 11) is 0. The molecule has 21 heavy (non-hydrogen) atoms. The van der Waals surface area contributed by atoms with Gasteiger partial charge in [-0.05, 0) is 36.2 Å². The maximum atomic E-state index is 12.6. The van der Waals surface area contributed by atoms with Crippen molar-refractivity contribution in [3.63, 3.8) is 0 Å². The lowest BCUT2D eigenvalue weighted by Crippen LogP contribution is -2.32. The molecule has 0 aromatic heterocycles. The average molecular weight is 409 g/mol. The highest BCUT2D eigenvalue weighted by Crippen LogP contribution is 2.23. The molecule has 0 aliphatic carbocycles. The second-order valence-corrected chi connectivity index (χ2v) is 6.70. The molecule has 0 unspecified atom stereocenters. The van der Waals surface area contributed by atoms with E-state index in [-0.39, 0.29) is 11.7 Å². The van der Waals surface area contributed by atoms with Gasteiger partial charge in [0.25, 0.3) is 5.91 Å². The Morgan fingerprint density at radius 2 is 1.71 bits per heavy atom. The predicted octanol–water partition coefficient (Wildman–Crippen LogP) is 3.73. The number of rotatable bonds is 2. The lowest BCUT2D eigenvalue weighted by Gasteiger charge is -2.17. The summed E-state index contributed by atoms with van der Waals surface area (Å²) in [6, 6.07) is 10.8. The fraction of sp³-hybridized carbons (Fsp3) is 0.125. The van der Waals surface area contributed by atoms with Gasteiger partial charge < -0.3 is 5.32 Å². The Bertz CT molecular complexity index is 736. The Kier molecular flexibility index (Phi) is 3.95. The molecule has 1 aliphatic rings. The van der Waals surface area contributed by atoms with Crippen LogP contribution in [0.3, 0.4) is 0 Å². The van der Waals surface area contributed by atoms with Crippen LogP contribution in [0.4, 0.5) is 0 Å². The monoisotopic (exact) mass is 407 g/mol. The van der Waals surface area contributed by atoms with E-state index in [9.17, 15) is 9.59 Å². The molecule has 1 amide bonds. The van der Waals surface area contributed by atoms with Gasteiger partial charge in [-0.3, -0.25) is 9.59 Å². The minimum Gasteiger partial charge on any atom is -0.352 e. The standard InChI is InChI=1S/C16H11Br2NO2/c17-12-5-11(6-13(18)8-12)15(20)10-2-1-9-3-4-19-16(21)14(9)7-10/h1-2,5-8H,3-4H2,(H,19,21). The Morgan fingerprint density at radius 1 is 1.00 bits per heavy atom. The van der Waals surface area contributed by atoms with Crippen LogP contribution in [0.1, 0.15) is 31.8 Å². The number of amides is 1. The van der Waals surface area contributed by atoms with E-state index in [0.717, 1.165) is 20.9 Å². The molecule has 1 N–H and O–H groups in total. The minimum absolute atomic E-state index is 0.0989. The van der Waals surface area contributed by atoms with Crippen molar-refractivity contribution in [2.75, 3.05) is 6.54 Å². The number of carbonyl (C=O) groups excluding carboxylic acids is 2. The van der Waals surface area contributed by atoms with Crippen molar-refractivity contribution >= 4 is 43.6 Å². The van der Waals surface area contributed by atoms with Crippen LogP contribution in [0.25, 0.3) is 0 Å². The predicted molar refractivity (Wildman–Crippen MR) is 87.8 cm³/mol. The zero-order valence-corrected chi connectivity index (χ0v) is 14.1. The van der Waals surface area contributed by atoms with E-state index in [1.165, 1.54) is 0 Å². The van der Waals surface area contributed by atoms with Crippen molar-refractivity contribution in [1.29, 1.82) is 0 Å². The number of benzene rings is 2. The molecule has 1 heterocycles. The van der Waals surface area contributed by atoms with Crippen LogP contribution in [0, 0.1) is 0 Å². The zero-order valence-electron chi connectivity index (χ0n) is 11.0. The first kappa shape index (κ1) is 14.5. The van der Waals surface area contributed by atoms with E-state index in [2.05, 4.69) is 37.2 Å². The van der Waals surface area contributed by atoms with Crippen LogP contribution in [-0.2, 0) is 6.42 Å². The number of halogens is 2. The van der Waals surface area contributed by atoms with Gasteiger partial charge in [-0.25, -0.2) is 0 Å². The van der Waals surface area contributed by atoms with E-state index in [1.54, 1.807) is 24.3 Å². The van der Waals surface area contributed by atoms with E-state index in [1.807, 2.05) is 12.1 Å². The summed E-state index contributed by atoms with van der Waals surface area (Å²) < 4.78 is 1.66. The highest BCUT2D eigenvalue weighted by molar-refractivity contribution is 9.11. The van der Waals surface area contributed by atoms with E-state index in [0.29, 0.717) is 23.2 Å². The molecular weight excluding hydrogens is 398 g/mol. The van der Waals surface area contributed by atoms with Crippen LogP contribution in [0.5, 0.6) is 0 Å². The third kappa shape index (κ3) is 2.94. The Labute approximate surface area is 139 Å². The molecule has 0 spiro atoms. The van der Waals surface area contributed by atoms with Crippen LogP contribution < -0.4 is 5.32 Å². The van der Waals surface area contributed by atoms with Crippen molar-refractivity contribution in [3.05, 3.63) is 67.6 Å². The minimum atomic E-state index is -0.110. The van der Waals surface area contributed by atoms with Gasteiger partial charge in [0.1, 0.15) is 0 Å². The van der Waals surface area contributed by atoms with Gasteiger partial charge in [0, 0.05) is 32.2 Å². The maximum absolute atomic E-state index is 12.6. The largest absolute Gasteiger partial charge is 0.352 e. The first-order chi connectivity index (χ1) is 10.0. The molecule has 0 fully saturated rings. The van der Waals surface area contributed by atoms with E-state index in [4.69, 9.17) is 0 Å². The SMILES string of the molecule is O=C(c1cc(Br)cc(Br)c1)c1ccc2c(c1)C(=O)NCC2. The highest BCUT2D eigenvalue weighted by atomic mass is 79.9. The quantitative estimate of drug-likeness (QED) is 0.769. The number of hydrogen-bond acceptors (Lipinski definition) is 2. The number of fused-ring (bicyclic) bond motifs is 1.